The topological polar surface area (TPSA) is 72.1 Å². The van der Waals surface area contributed by atoms with Crippen molar-refractivity contribution in [3.05, 3.63) is 53.0 Å². The fraction of sp³-hybridized carbons (Fsp3) is 0.368. The molecule has 3 rings (SSSR count). The minimum absolute atomic E-state index is 0.0973. The quantitative estimate of drug-likeness (QED) is 0.748. The fourth-order valence-corrected chi connectivity index (χ4v) is 3.20. The van der Waals surface area contributed by atoms with E-state index in [0.717, 1.165) is 33.7 Å². The van der Waals surface area contributed by atoms with Gasteiger partial charge in [0.25, 0.3) is 0 Å². The lowest BCUT2D eigenvalue weighted by atomic mass is 10.1. The molecule has 0 aliphatic rings. The molecule has 132 valence electrons. The van der Waals surface area contributed by atoms with Gasteiger partial charge in [-0.25, -0.2) is 4.79 Å². The molecule has 0 aliphatic carbocycles. The van der Waals surface area contributed by atoms with Gasteiger partial charge in [0.2, 0.25) is 0 Å². The number of nitrogens with one attached hydrogen (secondary N) is 2. The van der Waals surface area contributed by atoms with E-state index in [4.69, 9.17) is 4.42 Å². The van der Waals surface area contributed by atoms with Gasteiger partial charge in [-0.15, -0.1) is 0 Å². The van der Waals surface area contributed by atoms with Crippen LogP contribution in [0.25, 0.3) is 11.0 Å². The summed E-state index contributed by atoms with van der Waals surface area (Å²) in [6.45, 7) is 6.45. The van der Waals surface area contributed by atoms with Crippen LogP contribution in [-0.4, -0.2) is 22.4 Å². The van der Waals surface area contributed by atoms with Crippen molar-refractivity contribution < 1.29 is 9.21 Å². The Balaban J connectivity index is 1.52. The maximum atomic E-state index is 12.1. The van der Waals surface area contributed by atoms with Crippen molar-refractivity contribution in [2.24, 2.45) is 7.05 Å². The van der Waals surface area contributed by atoms with Crippen molar-refractivity contribution >= 4 is 17.0 Å². The van der Waals surface area contributed by atoms with Crippen LogP contribution >= 0.6 is 0 Å². The van der Waals surface area contributed by atoms with Crippen molar-refractivity contribution in [1.82, 2.24) is 20.4 Å². The Kier molecular flexibility index (Phi) is 4.79. The van der Waals surface area contributed by atoms with Gasteiger partial charge in [-0.2, -0.15) is 5.10 Å². The predicted octanol–water partition coefficient (Wildman–Crippen LogP) is 3.39. The van der Waals surface area contributed by atoms with Gasteiger partial charge >= 0.3 is 6.03 Å². The minimum Gasteiger partial charge on any atom is -0.461 e. The smallest absolute Gasteiger partial charge is 0.315 e. The van der Waals surface area contributed by atoms with E-state index >= 15 is 0 Å². The largest absolute Gasteiger partial charge is 0.461 e. The van der Waals surface area contributed by atoms with Gasteiger partial charge in [-0.05, 0) is 32.9 Å². The summed E-state index contributed by atoms with van der Waals surface area (Å²) in [5.74, 6) is 0.869. The van der Waals surface area contributed by atoms with Crippen LogP contribution in [0, 0.1) is 13.8 Å². The molecule has 2 N–H and O–H groups in total. The number of carbonyl (C=O) groups excluding carboxylic acids is 1. The Morgan fingerprint density at radius 2 is 2.08 bits per heavy atom. The Morgan fingerprint density at radius 3 is 2.76 bits per heavy atom. The molecule has 0 aliphatic heterocycles. The number of hydrogen-bond acceptors (Lipinski definition) is 3. The van der Waals surface area contributed by atoms with E-state index in [9.17, 15) is 4.79 Å². The monoisotopic (exact) mass is 340 g/mol. The highest BCUT2D eigenvalue weighted by Crippen LogP contribution is 2.21. The number of hydrogen-bond donors (Lipinski definition) is 2. The first-order valence-corrected chi connectivity index (χ1v) is 8.47. The molecule has 0 spiro atoms. The molecule has 2 aromatic heterocycles. The van der Waals surface area contributed by atoms with E-state index in [1.54, 1.807) is 0 Å². The number of benzene rings is 1. The summed E-state index contributed by atoms with van der Waals surface area (Å²) in [6.07, 6.45) is 0.654. The number of amides is 2. The average Bonchev–Trinajstić information content (AvgIpc) is 3.07. The molecule has 2 amide bonds. The standard InChI is InChI=1S/C19H24N4O2/c1-12(18-13(2)22-23(4)14(18)3)21-19(24)20-10-9-16-11-15-7-5-6-8-17(15)25-16/h5-8,11-12H,9-10H2,1-4H3,(H2,20,21,24). The Bertz CT molecular complexity index is 861. The van der Waals surface area contributed by atoms with E-state index in [1.807, 2.05) is 62.8 Å². The van der Waals surface area contributed by atoms with Crippen molar-refractivity contribution in [2.75, 3.05) is 6.54 Å². The minimum atomic E-state index is -0.189. The van der Waals surface area contributed by atoms with Crippen LogP contribution in [0.1, 0.15) is 35.7 Å². The number of para-hydroxylation sites is 1. The van der Waals surface area contributed by atoms with Crippen LogP contribution in [0.5, 0.6) is 0 Å². The molecular formula is C19H24N4O2. The van der Waals surface area contributed by atoms with E-state index in [1.165, 1.54) is 0 Å². The predicted molar refractivity (Wildman–Crippen MR) is 97.5 cm³/mol. The highest BCUT2D eigenvalue weighted by Gasteiger charge is 2.17. The number of carbonyl (C=O) groups is 1. The van der Waals surface area contributed by atoms with Gasteiger partial charge in [0.05, 0.1) is 11.7 Å². The van der Waals surface area contributed by atoms with Gasteiger partial charge in [-0.3, -0.25) is 4.68 Å². The number of urea groups is 1. The molecule has 6 nitrogen and oxygen atoms in total. The molecular weight excluding hydrogens is 316 g/mol. The van der Waals surface area contributed by atoms with Crippen molar-refractivity contribution in [3.63, 3.8) is 0 Å². The summed E-state index contributed by atoms with van der Waals surface area (Å²) < 4.78 is 7.59. The van der Waals surface area contributed by atoms with Crippen molar-refractivity contribution in [2.45, 2.75) is 33.2 Å². The second kappa shape index (κ2) is 7.01. The van der Waals surface area contributed by atoms with Gasteiger partial charge in [0, 0.05) is 36.7 Å². The third kappa shape index (κ3) is 3.68. The van der Waals surface area contributed by atoms with Crippen LogP contribution in [-0.2, 0) is 13.5 Å². The van der Waals surface area contributed by atoms with E-state index in [0.29, 0.717) is 13.0 Å². The molecule has 1 unspecified atom stereocenters. The number of nitrogens with zero attached hydrogens (tertiary/aromatic N) is 2. The molecule has 25 heavy (non-hydrogen) atoms. The van der Waals surface area contributed by atoms with Crippen LogP contribution in [0.2, 0.25) is 0 Å². The molecule has 1 atom stereocenters. The summed E-state index contributed by atoms with van der Waals surface area (Å²) in [6, 6.07) is 9.62. The van der Waals surface area contributed by atoms with E-state index in [-0.39, 0.29) is 12.1 Å². The van der Waals surface area contributed by atoms with Crippen LogP contribution in [0.4, 0.5) is 4.79 Å². The van der Waals surface area contributed by atoms with E-state index < -0.39 is 0 Å². The van der Waals surface area contributed by atoms with Crippen LogP contribution in [0.3, 0.4) is 0 Å². The third-order valence-electron chi connectivity index (χ3n) is 4.48. The average molecular weight is 340 g/mol. The highest BCUT2D eigenvalue weighted by molar-refractivity contribution is 5.77. The molecule has 0 fully saturated rings. The zero-order chi connectivity index (χ0) is 18.0. The summed E-state index contributed by atoms with van der Waals surface area (Å²) in [5, 5.41) is 11.3. The van der Waals surface area contributed by atoms with Crippen molar-refractivity contribution in [3.8, 4) is 0 Å². The number of rotatable bonds is 5. The highest BCUT2D eigenvalue weighted by atomic mass is 16.3. The van der Waals surface area contributed by atoms with Crippen LogP contribution < -0.4 is 10.6 Å². The first-order valence-electron chi connectivity index (χ1n) is 8.47. The van der Waals surface area contributed by atoms with Gasteiger partial charge in [-0.1, -0.05) is 18.2 Å². The fourth-order valence-electron chi connectivity index (χ4n) is 3.20. The molecule has 0 bridgehead atoms. The second-order valence-electron chi connectivity index (χ2n) is 6.33. The zero-order valence-corrected chi connectivity index (χ0v) is 15.1. The molecule has 0 saturated heterocycles. The molecule has 0 saturated carbocycles. The van der Waals surface area contributed by atoms with Gasteiger partial charge in [0.1, 0.15) is 11.3 Å². The lowest BCUT2D eigenvalue weighted by molar-refractivity contribution is 0.238. The molecule has 3 aromatic rings. The molecule has 6 heteroatoms. The van der Waals surface area contributed by atoms with Crippen molar-refractivity contribution in [1.29, 1.82) is 0 Å². The third-order valence-corrected chi connectivity index (χ3v) is 4.48. The molecule has 1 aromatic carbocycles. The second-order valence-corrected chi connectivity index (χ2v) is 6.33. The summed E-state index contributed by atoms with van der Waals surface area (Å²) in [4.78, 5) is 12.1. The lowest BCUT2D eigenvalue weighted by Crippen LogP contribution is -2.38. The Hall–Kier alpha value is -2.76. The maximum absolute atomic E-state index is 12.1. The number of aryl methyl sites for hydroxylation is 2. The number of aromatic nitrogens is 2. The van der Waals surface area contributed by atoms with E-state index in [2.05, 4.69) is 15.7 Å². The maximum Gasteiger partial charge on any atom is 0.315 e. The van der Waals surface area contributed by atoms with Gasteiger partial charge in [0.15, 0.2) is 0 Å². The Labute approximate surface area is 147 Å². The Morgan fingerprint density at radius 1 is 1.32 bits per heavy atom. The van der Waals surface area contributed by atoms with Gasteiger partial charge < -0.3 is 15.1 Å². The summed E-state index contributed by atoms with van der Waals surface area (Å²) in [7, 11) is 1.91. The first kappa shape index (κ1) is 17.1. The zero-order valence-electron chi connectivity index (χ0n) is 15.1. The molecule has 0 radical (unpaired) electrons. The normalized spacial score (nSPS) is 12.3. The number of fused-ring (bicyclic) bond motifs is 1. The summed E-state index contributed by atoms with van der Waals surface area (Å²) in [5.41, 5.74) is 3.94. The van der Waals surface area contributed by atoms with Crippen LogP contribution in [0.15, 0.2) is 34.7 Å². The lowest BCUT2D eigenvalue weighted by Gasteiger charge is -2.15. The first-order chi connectivity index (χ1) is 12.0. The molecule has 2 heterocycles. The number of furan rings is 1. The summed E-state index contributed by atoms with van der Waals surface area (Å²) >= 11 is 0. The SMILES string of the molecule is Cc1nn(C)c(C)c1C(C)NC(=O)NCCc1cc2ccccc2o1.